The lowest BCUT2D eigenvalue weighted by molar-refractivity contribution is 0.0132. The number of aromatic carboxylic acids is 1. The number of benzene rings is 1. The van der Waals surface area contributed by atoms with Crippen LogP contribution < -0.4 is 5.32 Å². The first kappa shape index (κ1) is 14.9. The van der Waals surface area contributed by atoms with Gasteiger partial charge in [0.1, 0.15) is 6.10 Å². The third-order valence-electron chi connectivity index (χ3n) is 2.63. The molecule has 0 aromatic heterocycles. The lowest BCUT2D eigenvalue weighted by atomic mass is 9.97. The first-order chi connectivity index (χ1) is 8.49. The van der Waals surface area contributed by atoms with Gasteiger partial charge in [-0.2, -0.15) is 0 Å². The summed E-state index contributed by atoms with van der Waals surface area (Å²) in [6, 6.07) is 4.32. The van der Waals surface area contributed by atoms with Crippen molar-refractivity contribution in [3.05, 3.63) is 34.3 Å². The quantitative estimate of drug-likeness (QED) is 0.622. The largest absolute Gasteiger partial charge is 0.478 e. The number of nitrogens with one attached hydrogen (secondary N) is 1. The second kappa shape index (κ2) is 6.70. The number of halogens is 1. The molecule has 4 N–H and O–H groups in total. The number of rotatable bonds is 6. The van der Waals surface area contributed by atoms with Gasteiger partial charge in [-0.1, -0.05) is 17.7 Å². The Bertz CT molecular complexity index is 425. The van der Waals surface area contributed by atoms with Gasteiger partial charge >= 0.3 is 5.97 Å². The van der Waals surface area contributed by atoms with E-state index in [1.54, 1.807) is 7.05 Å². The average Bonchev–Trinajstić information content (AvgIpc) is 2.34. The SMILES string of the molecule is CNCCC(O)C(O)c1c(Cl)cccc1C(=O)O. The fourth-order valence-electron chi connectivity index (χ4n) is 1.67. The highest BCUT2D eigenvalue weighted by Gasteiger charge is 2.25. The Morgan fingerprint density at radius 1 is 1.44 bits per heavy atom. The number of aliphatic hydroxyl groups excluding tert-OH is 2. The van der Waals surface area contributed by atoms with Crippen molar-refractivity contribution >= 4 is 17.6 Å². The van der Waals surface area contributed by atoms with Crippen molar-refractivity contribution in [1.82, 2.24) is 5.32 Å². The first-order valence-corrected chi connectivity index (χ1v) is 5.89. The third-order valence-corrected chi connectivity index (χ3v) is 2.96. The van der Waals surface area contributed by atoms with Crippen LogP contribution in [0.15, 0.2) is 18.2 Å². The Morgan fingerprint density at radius 3 is 2.67 bits per heavy atom. The number of hydrogen-bond donors (Lipinski definition) is 4. The van der Waals surface area contributed by atoms with E-state index in [2.05, 4.69) is 5.32 Å². The summed E-state index contributed by atoms with van der Waals surface area (Å²) in [7, 11) is 1.72. The van der Waals surface area contributed by atoms with Crippen molar-refractivity contribution in [2.24, 2.45) is 0 Å². The summed E-state index contributed by atoms with van der Waals surface area (Å²) < 4.78 is 0. The molecular formula is C12H16ClNO4. The zero-order valence-electron chi connectivity index (χ0n) is 9.93. The summed E-state index contributed by atoms with van der Waals surface area (Å²) in [4.78, 5) is 11.1. The van der Waals surface area contributed by atoms with E-state index in [1.807, 2.05) is 0 Å². The average molecular weight is 274 g/mol. The Balaban J connectivity index is 3.03. The summed E-state index contributed by atoms with van der Waals surface area (Å²) in [5.74, 6) is -1.19. The van der Waals surface area contributed by atoms with E-state index < -0.39 is 18.2 Å². The molecule has 18 heavy (non-hydrogen) atoms. The minimum absolute atomic E-state index is 0.0512. The maximum Gasteiger partial charge on any atom is 0.336 e. The van der Waals surface area contributed by atoms with Crippen LogP contribution in [0.25, 0.3) is 0 Å². The van der Waals surface area contributed by atoms with Crippen LogP contribution in [-0.4, -0.2) is 41.0 Å². The maximum atomic E-state index is 11.1. The van der Waals surface area contributed by atoms with Crippen LogP contribution >= 0.6 is 11.6 Å². The van der Waals surface area contributed by atoms with Gasteiger partial charge in [0.2, 0.25) is 0 Å². The second-order valence-corrected chi connectivity index (χ2v) is 4.32. The van der Waals surface area contributed by atoms with Crippen LogP contribution in [0.2, 0.25) is 5.02 Å². The van der Waals surface area contributed by atoms with Crippen molar-refractivity contribution in [3.63, 3.8) is 0 Å². The molecule has 0 aliphatic rings. The van der Waals surface area contributed by atoms with Crippen LogP contribution in [0.3, 0.4) is 0 Å². The molecule has 1 aromatic carbocycles. The van der Waals surface area contributed by atoms with Gasteiger partial charge in [0.25, 0.3) is 0 Å². The fraction of sp³-hybridized carbons (Fsp3) is 0.417. The van der Waals surface area contributed by atoms with E-state index in [9.17, 15) is 15.0 Å². The van der Waals surface area contributed by atoms with Gasteiger partial charge in [-0.25, -0.2) is 4.79 Å². The van der Waals surface area contributed by atoms with Crippen molar-refractivity contribution in [3.8, 4) is 0 Å². The summed E-state index contributed by atoms with van der Waals surface area (Å²) in [6.45, 7) is 0.505. The Labute approximate surface area is 110 Å². The number of aliphatic hydroxyl groups is 2. The molecule has 6 heteroatoms. The van der Waals surface area contributed by atoms with E-state index in [4.69, 9.17) is 16.7 Å². The molecule has 0 spiro atoms. The molecule has 2 atom stereocenters. The summed E-state index contributed by atoms with van der Waals surface area (Å²) >= 11 is 5.90. The maximum absolute atomic E-state index is 11.1. The molecule has 0 bridgehead atoms. The number of carbonyl (C=O) groups is 1. The first-order valence-electron chi connectivity index (χ1n) is 5.51. The summed E-state index contributed by atoms with van der Waals surface area (Å²) in [5.41, 5.74) is -0.0474. The third kappa shape index (κ3) is 3.43. The Hall–Kier alpha value is -1.14. The van der Waals surface area contributed by atoms with E-state index in [1.165, 1.54) is 18.2 Å². The standard InChI is InChI=1S/C12H16ClNO4/c1-14-6-5-9(15)11(16)10-7(12(17)18)3-2-4-8(10)13/h2-4,9,11,14-16H,5-6H2,1H3,(H,17,18). The number of hydrogen-bond acceptors (Lipinski definition) is 4. The molecule has 0 amide bonds. The monoisotopic (exact) mass is 273 g/mol. The Morgan fingerprint density at radius 2 is 2.11 bits per heavy atom. The van der Waals surface area contributed by atoms with Crippen LogP contribution in [-0.2, 0) is 0 Å². The van der Waals surface area contributed by atoms with E-state index in [0.29, 0.717) is 13.0 Å². The van der Waals surface area contributed by atoms with Gasteiger partial charge in [0.15, 0.2) is 0 Å². The summed E-state index contributed by atoms with van der Waals surface area (Å²) in [6.07, 6.45) is -2.10. The van der Waals surface area contributed by atoms with E-state index in [0.717, 1.165) is 0 Å². The van der Waals surface area contributed by atoms with Crippen molar-refractivity contribution in [1.29, 1.82) is 0 Å². The highest BCUT2D eigenvalue weighted by molar-refractivity contribution is 6.31. The molecule has 2 unspecified atom stereocenters. The molecule has 0 saturated carbocycles. The minimum Gasteiger partial charge on any atom is -0.478 e. The molecule has 0 fully saturated rings. The summed E-state index contributed by atoms with van der Waals surface area (Å²) in [5, 5.41) is 31.8. The van der Waals surface area contributed by atoms with Gasteiger partial charge < -0.3 is 20.6 Å². The molecule has 5 nitrogen and oxygen atoms in total. The predicted octanol–water partition coefficient (Wildman–Crippen LogP) is 1.04. The molecule has 0 radical (unpaired) electrons. The van der Waals surface area contributed by atoms with Crippen LogP contribution in [0.4, 0.5) is 0 Å². The number of carboxylic acid groups (broad SMARTS) is 1. The normalized spacial score (nSPS) is 14.2. The van der Waals surface area contributed by atoms with Crippen molar-refractivity contribution in [2.75, 3.05) is 13.6 Å². The molecule has 1 aromatic rings. The van der Waals surface area contributed by atoms with Crippen molar-refractivity contribution < 1.29 is 20.1 Å². The van der Waals surface area contributed by atoms with Crippen molar-refractivity contribution in [2.45, 2.75) is 18.6 Å². The molecule has 0 aliphatic heterocycles. The zero-order valence-corrected chi connectivity index (χ0v) is 10.7. The number of carboxylic acids is 1. The topological polar surface area (TPSA) is 89.8 Å². The predicted molar refractivity (Wildman–Crippen MR) is 67.9 cm³/mol. The van der Waals surface area contributed by atoms with Crippen LogP contribution in [0, 0.1) is 0 Å². The zero-order chi connectivity index (χ0) is 13.7. The lowest BCUT2D eigenvalue weighted by Gasteiger charge is -2.20. The smallest absolute Gasteiger partial charge is 0.336 e. The minimum atomic E-state index is -1.32. The van der Waals surface area contributed by atoms with Gasteiger partial charge in [0.05, 0.1) is 11.7 Å². The van der Waals surface area contributed by atoms with Gasteiger partial charge in [-0.15, -0.1) is 0 Å². The van der Waals surface area contributed by atoms with Gasteiger partial charge in [0, 0.05) is 10.6 Å². The molecule has 100 valence electrons. The molecule has 0 aliphatic carbocycles. The Kier molecular flexibility index (Phi) is 5.55. The fourth-order valence-corrected chi connectivity index (χ4v) is 1.95. The van der Waals surface area contributed by atoms with Crippen LogP contribution in [0.5, 0.6) is 0 Å². The molecule has 0 heterocycles. The van der Waals surface area contributed by atoms with Crippen LogP contribution in [0.1, 0.15) is 28.4 Å². The highest BCUT2D eigenvalue weighted by Crippen LogP contribution is 2.29. The highest BCUT2D eigenvalue weighted by atomic mass is 35.5. The molecule has 1 rings (SSSR count). The van der Waals surface area contributed by atoms with E-state index in [-0.39, 0.29) is 16.1 Å². The lowest BCUT2D eigenvalue weighted by Crippen LogP contribution is -2.25. The van der Waals surface area contributed by atoms with Gasteiger partial charge in [-0.3, -0.25) is 0 Å². The van der Waals surface area contributed by atoms with E-state index >= 15 is 0 Å². The molecular weight excluding hydrogens is 258 g/mol. The van der Waals surface area contributed by atoms with Gasteiger partial charge in [-0.05, 0) is 32.1 Å². The molecule has 0 saturated heterocycles. The second-order valence-electron chi connectivity index (χ2n) is 3.91.